The minimum absolute atomic E-state index is 0.0384. The van der Waals surface area contributed by atoms with Crippen molar-refractivity contribution >= 4 is 59.5 Å². The minimum Gasteiger partial charge on any atom is -0.491 e. The Hall–Kier alpha value is -4.42. The summed E-state index contributed by atoms with van der Waals surface area (Å²) in [5.41, 5.74) is 7.84. The van der Waals surface area contributed by atoms with Crippen LogP contribution in [0, 0.1) is 21.7 Å². The number of benzene rings is 2. The lowest BCUT2D eigenvalue weighted by Gasteiger charge is -2.37. The molecular formula is C52H80Cl2N2O10. The van der Waals surface area contributed by atoms with Gasteiger partial charge in [0.05, 0.1) is 36.5 Å². The van der Waals surface area contributed by atoms with Crippen molar-refractivity contribution in [3.63, 3.8) is 0 Å². The first-order valence-electron chi connectivity index (χ1n) is 22.8. The number of esters is 2. The molecule has 372 valence electrons. The van der Waals surface area contributed by atoms with Crippen LogP contribution in [-0.2, 0) is 33.4 Å². The van der Waals surface area contributed by atoms with E-state index < -0.39 is 0 Å². The van der Waals surface area contributed by atoms with Crippen LogP contribution in [-0.4, -0.2) is 74.2 Å². The maximum absolute atomic E-state index is 12.9. The Morgan fingerprint density at radius 3 is 1.59 bits per heavy atom. The first kappa shape index (κ1) is 61.6. The van der Waals surface area contributed by atoms with Crippen molar-refractivity contribution in [1.82, 2.24) is 4.90 Å². The summed E-state index contributed by atoms with van der Waals surface area (Å²) < 4.78 is 21.1. The molecule has 1 aliphatic rings. The van der Waals surface area contributed by atoms with Gasteiger partial charge in [0.2, 0.25) is 11.8 Å². The second-order valence-electron chi connectivity index (χ2n) is 20.7. The maximum Gasteiger partial charge on any atom is 0.305 e. The molecule has 2 N–H and O–H groups in total. The van der Waals surface area contributed by atoms with Crippen LogP contribution in [0.3, 0.4) is 0 Å². The van der Waals surface area contributed by atoms with Gasteiger partial charge in [0.15, 0.2) is 0 Å². The van der Waals surface area contributed by atoms with E-state index >= 15 is 0 Å². The number of nitrogens with two attached hydrogens (primary N) is 1. The van der Waals surface area contributed by atoms with Crippen molar-refractivity contribution in [1.29, 1.82) is 0 Å². The van der Waals surface area contributed by atoms with Crippen molar-refractivity contribution in [3.8, 4) is 11.5 Å². The van der Waals surface area contributed by atoms with Crippen LogP contribution in [0.25, 0.3) is 0 Å². The molecule has 0 saturated carbocycles. The molecule has 0 bridgehead atoms. The van der Waals surface area contributed by atoms with Crippen LogP contribution in [0.5, 0.6) is 11.5 Å². The number of unbranched alkanes of at least 4 members (excludes halogenated alkanes) is 1. The summed E-state index contributed by atoms with van der Waals surface area (Å²) in [6.45, 7) is 31.2. The number of rotatable bonds is 18. The van der Waals surface area contributed by atoms with Gasteiger partial charge in [0, 0.05) is 56.3 Å². The van der Waals surface area contributed by atoms with Crippen molar-refractivity contribution in [2.75, 3.05) is 33.0 Å². The highest BCUT2D eigenvalue weighted by Gasteiger charge is 2.35. The largest absolute Gasteiger partial charge is 0.491 e. The quantitative estimate of drug-likeness (QED) is 0.0862. The zero-order chi connectivity index (χ0) is 50.9. The first-order chi connectivity index (χ1) is 30.5. The molecule has 0 aliphatic carbocycles. The van der Waals surface area contributed by atoms with Gasteiger partial charge in [-0.25, -0.2) is 0 Å². The van der Waals surface area contributed by atoms with Gasteiger partial charge in [-0.2, -0.15) is 0 Å². The zero-order valence-electron chi connectivity index (χ0n) is 42.3. The van der Waals surface area contributed by atoms with Crippen molar-refractivity contribution < 1.29 is 47.7 Å². The van der Waals surface area contributed by atoms with E-state index in [4.69, 9.17) is 47.9 Å². The minimum atomic E-state index is -0.321. The summed E-state index contributed by atoms with van der Waals surface area (Å²) in [5.74, 6) is 0.541. The highest BCUT2D eigenvalue weighted by Crippen LogP contribution is 2.44. The van der Waals surface area contributed by atoms with Gasteiger partial charge >= 0.3 is 11.9 Å². The molecule has 0 saturated heterocycles. The molecule has 14 heteroatoms. The monoisotopic (exact) mass is 963 g/mol. The molecular weight excluding hydrogens is 883 g/mol. The van der Waals surface area contributed by atoms with E-state index in [0.29, 0.717) is 111 Å². The van der Waals surface area contributed by atoms with Gasteiger partial charge in [-0.15, -0.1) is 0 Å². The Labute approximate surface area is 406 Å². The Bertz CT molecular complexity index is 1870. The fraction of sp³-hybridized carbons (Fsp3) is 0.615. The lowest BCUT2D eigenvalue weighted by Crippen LogP contribution is -2.36. The normalized spacial score (nSPS) is 13.8. The van der Waals surface area contributed by atoms with E-state index in [1.54, 1.807) is 36.9 Å². The van der Waals surface area contributed by atoms with E-state index in [1.165, 1.54) is 5.57 Å². The third-order valence-corrected chi connectivity index (χ3v) is 9.74. The first-order valence-corrected chi connectivity index (χ1v) is 23.6. The van der Waals surface area contributed by atoms with Gasteiger partial charge in [0.1, 0.15) is 24.1 Å². The topological polar surface area (TPSA) is 169 Å². The molecule has 66 heavy (non-hydrogen) atoms. The highest BCUT2D eigenvalue weighted by molar-refractivity contribution is 6.32. The van der Waals surface area contributed by atoms with Crippen molar-refractivity contribution in [2.24, 2.45) is 27.4 Å². The standard InChI is InChI=1S/C26H38ClNO4.C12H15ClO2.C8H15NO3.C6H12O/c1-8-31-24(30)10-9-13-28-16-20(26(5,6)7)19(15-23(28)29)18-11-12-22(21(27)14-18)32-17-25(2,3)4;1-12(2,3)8-15-11-5-4-9(7-14)6-10(11)13;1-2-12-8(11)6-4-3-5-7(9)10;1-6(2,3)4-5-7/h11-12,14,16,19H,8-10,13,15,17H2,1-7H3;4-7H,8H2,1-3H3;2-6H2,1H3,(H2,9,10);5H,4H2,1-3H3. The summed E-state index contributed by atoms with van der Waals surface area (Å²) >= 11 is 12.5. The molecule has 12 nitrogen and oxygen atoms in total. The smallest absolute Gasteiger partial charge is 0.305 e. The summed E-state index contributed by atoms with van der Waals surface area (Å²) in [5, 5.41) is 1.04. The number of ether oxygens (including phenoxy) is 4. The van der Waals surface area contributed by atoms with E-state index in [1.807, 2.05) is 45.2 Å². The van der Waals surface area contributed by atoms with Crippen LogP contribution in [0.4, 0.5) is 0 Å². The van der Waals surface area contributed by atoms with Crippen LogP contribution < -0.4 is 15.2 Å². The second kappa shape index (κ2) is 30.1. The van der Waals surface area contributed by atoms with E-state index in [9.17, 15) is 28.8 Å². The second-order valence-corrected chi connectivity index (χ2v) is 21.5. The number of allylic oxidation sites excluding steroid dienone is 1. The van der Waals surface area contributed by atoms with E-state index in [-0.39, 0.29) is 51.3 Å². The van der Waals surface area contributed by atoms with Gasteiger partial charge in [-0.05, 0) is 96.2 Å². The highest BCUT2D eigenvalue weighted by atomic mass is 35.5. The van der Waals surface area contributed by atoms with E-state index in [2.05, 4.69) is 62.3 Å². The fourth-order valence-corrected chi connectivity index (χ4v) is 6.25. The SMILES string of the molecule is CC(C)(C)CC=O.CC(C)(C)COc1ccc(C=O)cc1Cl.CCOC(=O)CCCCC(N)=O.CCOC(=O)CCCN1C=C(C(C)(C)C)C(c2ccc(OCC(C)(C)C)c(Cl)c2)CC1=O. The number of aldehydes is 2. The summed E-state index contributed by atoms with van der Waals surface area (Å²) in [6.07, 6.45) is 7.67. The number of carbonyl (C=O) groups is 6. The van der Waals surface area contributed by atoms with Crippen LogP contribution >= 0.6 is 23.2 Å². The Balaban J connectivity index is 0.00000102. The molecule has 0 spiro atoms. The number of amides is 2. The third-order valence-electron chi connectivity index (χ3n) is 9.15. The van der Waals surface area contributed by atoms with Crippen LogP contribution in [0.2, 0.25) is 10.0 Å². The molecule has 2 aromatic carbocycles. The lowest BCUT2D eigenvalue weighted by molar-refractivity contribution is -0.144. The number of nitrogens with zero attached hydrogens (tertiary/aromatic N) is 1. The third kappa shape index (κ3) is 28.6. The molecule has 0 fully saturated rings. The predicted octanol–water partition coefficient (Wildman–Crippen LogP) is 12.1. The number of hydrogen-bond donors (Lipinski definition) is 1. The average molecular weight is 964 g/mol. The molecule has 1 aliphatic heterocycles. The molecule has 0 aromatic heterocycles. The number of halogens is 2. The van der Waals surface area contributed by atoms with Crippen molar-refractivity contribution in [2.45, 2.75) is 154 Å². The Kier molecular flexibility index (Phi) is 28.0. The summed E-state index contributed by atoms with van der Waals surface area (Å²) in [4.78, 5) is 67.6. The number of carbonyl (C=O) groups excluding carboxylic acids is 6. The van der Waals surface area contributed by atoms with Gasteiger partial charge < -0.3 is 34.4 Å². The molecule has 2 aromatic rings. The zero-order valence-corrected chi connectivity index (χ0v) is 43.8. The molecule has 1 unspecified atom stereocenters. The predicted molar refractivity (Wildman–Crippen MR) is 265 cm³/mol. The fourth-order valence-electron chi connectivity index (χ4n) is 5.76. The van der Waals surface area contributed by atoms with Gasteiger partial charge in [0.25, 0.3) is 0 Å². The van der Waals surface area contributed by atoms with E-state index in [0.717, 1.165) is 18.1 Å². The molecule has 2 amide bonds. The van der Waals surface area contributed by atoms with Gasteiger partial charge in [-0.1, -0.05) is 112 Å². The molecule has 1 atom stereocenters. The van der Waals surface area contributed by atoms with Crippen molar-refractivity contribution in [3.05, 3.63) is 69.3 Å². The summed E-state index contributed by atoms with van der Waals surface area (Å²) in [7, 11) is 0. The molecule has 0 radical (unpaired) electrons. The van der Waals surface area contributed by atoms with Crippen LogP contribution in [0.15, 0.2) is 48.2 Å². The number of hydrogen-bond acceptors (Lipinski definition) is 10. The maximum atomic E-state index is 12.9. The number of primary amides is 1. The Morgan fingerprint density at radius 1 is 0.712 bits per heavy atom. The molecule has 1 heterocycles. The van der Waals surface area contributed by atoms with Gasteiger partial charge in [-0.3, -0.25) is 24.0 Å². The lowest BCUT2D eigenvalue weighted by atomic mass is 9.73. The molecule has 3 rings (SSSR count). The van der Waals surface area contributed by atoms with Crippen LogP contribution in [0.1, 0.15) is 170 Å². The average Bonchev–Trinajstić information content (AvgIpc) is 3.18. The summed E-state index contributed by atoms with van der Waals surface area (Å²) in [6, 6.07) is 10.9. The Morgan fingerprint density at radius 2 is 1.20 bits per heavy atom.